The van der Waals surface area contributed by atoms with E-state index in [9.17, 15) is 8.42 Å². The second kappa shape index (κ2) is 8.55. The summed E-state index contributed by atoms with van der Waals surface area (Å²) in [4.78, 5) is 0.0942. The van der Waals surface area contributed by atoms with Crippen LogP contribution in [-0.2, 0) is 16.4 Å². The number of rotatable bonds is 8. The molecule has 0 aliphatic carbocycles. The predicted molar refractivity (Wildman–Crippen MR) is 99.1 cm³/mol. The molecule has 0 heterocycles. The quantitative estimate of drug-likeness (QED) is 0.697. The first-order valence-electron chi connectivity index (χ1n) is 7.45. The summed E-state index contributed by atoms with van der Waals surface area (Å²) in [6.45, 7) is 0.244. The van der Waals surface area contributed by atoms with Crippen molar-refractivity contribution in [2.45, 2.75) is 11.3 Å². The molecule has 1 N–H and O–H groups in total. The molecule has 0 aromatic heterocycles. The molecule has 0 aliphatic rings. The van der Waals surface area contributed by atoms with E-state index in [2.05, 4.69) is 20.7 Å². The number of hydrogen-bond acceptors (Lipinski definition) is 5. The van der Waals surface area contributed by atoms with Crippen molar-refractivity contribution >= 4 is 26.0 Å². The molecule has 6 nitrogen and oxygen atoms in total. The van der Waals surface area contributed by atoms with Gasteiger partial charge in [0.15, 0.2) is 11.5 Å². The van der Waals surface area contributed by atoms with Crippen LogP contribution in [0.2, 0.25) is 0 Å². The Labute approximate surface area is 156 Å². The predicted octanol–water partition coefficient (Wildman–Crippen LogP) is 3.00. The van der Waals surface area contributed by atoms with Gasteiger partial charge in [0.2, 0.25) is 10.0 Å². The summed E-state index contributed by atoms with van der Waals surface area (Å²) < 4.78 is 43.9. The summed E-state index contributed by atoms with van der Waals surface area (Å²) in [7, 11) is 0.877. The molecule has 0 amide bonds. The molecular formula is C17H20BrNO5S. The highest BCUT2D eigenvalue weighted by molar-refractivity contribution is 9.10. The molecule has 2 aromatic rings. The van der Waals surface area contributed by atoms with Crippen molar-refractivity contribution in [3.8, 4) is 17.2 Å². The fourth-order valence-electron chi connectivity index (χ4n) is 2.30. The van der Waals surface area contributed by atoms with Gasteiger partial charge in [-0.3, -0.25) is 0 Å². The van der Waals surface area contributed by atoms with Gasteiger partial charge in [-0.1, -0.05) is 22.0 Å². The Morgan fingerprint density at radius 3 is 2.20 bits per heavy atom. The number of ether oxygens (including phenoxy) is 3. The van der Waals surface area contributed by atoms with Crippen molar-refractivity contribution in [2.24, 2.45) is 0 Å². The zero-order chi connectivity index (χ0) is 18.4. The van der Waals surface area contributed by atoms with Crippen LogP contribution in [0.4, 0.5) is 0 Å². The average molecular weight is 430 g/mol. The second-order valence-corrected chi connectivity index (χ2v) is 7.78. The fraction of sp³-hybridized carbons (Fsp3) is 0.294. The van der Waals surface area contributed by atoms with Gasteiger partial charge < -0.3 is 14.2 Å². The van der Waals surface area contributed by atoms with Gasteiger partial charge in [-0.25, -0.2) is 13.1 Å². The summed E-state index contributed by atoms with van der Waals surface area (Å²) in [5.41, 5.74) is 0.932. The first kappa shape index (κ1) is 19.6. The normalized spacial score (nSPS) is 11.2. The van der Waals surface area contributed by atoms with Crippen LogP contribution in [0.25, 0.3) is 0 Å². The van der Waals surface area contributed by atoms with E-state index in [0.29, 0.717) is 28.1 Å². The molecule has 25 heavy (non-hydrogen) atoms. The number of sulfonamides is 1. The van der Waals surface area contributed by atoms with Crippen molar-refractivity contribution in [2.75, 3.05) is 27.9 Å². The summed E-state index contributed by atoms with van der Waals surface area (Å²) >= 11 is 3.28. The van der Waals surface area contributed by atoms with E-state index >= 15 is 0 Å². The lowest BCUT2D eigenvalue weighted by atomic mass is 10.1. The Morgan fingerprint density at radius 2 is 1.56 bits per heavy atom. The van der Waals surface area contributed by atoms with E-state index in [0.717, 1.165) is 5.56 Å². The minimum Gasteiger partial charge on any atom is -0.495 e. The standard InChI is InChI=1S/C17H20BrNO5S/c1-22-14-6-4-12(10-16(14)24-3)8-9-19-25(20,21)17-11-13(18)5-7-15(17)23-2/h4-7,10-11,19H,8-9H2,1-3H3. The van der Waals surface area contributed by atoms with Crippen LogP contribution in [0.3, 0.4) is 0 Å². The molecule has 0 saturated carbocycles. The Hall–Kier alpha value is -1.77. The van der Waals surface area contributed by atoms with Gasteiger partial charge in [0.05, 0.1) is 21.3 Å². The smallest absolute Gasteiger partial charge is 0.244 e. The van der Waals surface area contributed by atoms with Crippen LogP contribution in [0.5, 0.6) is 17.2 Å². The van der Waals surface area contributed by atoms with Gasteiger partial charge in [-0.15, -0.1) is 0 Å². The maximum atomic E-state index is 12.5. The summed E-state index contributed by atoms with van der Waals surface area (Å²) in [5, 5.41) is 0. The molecule has 0 saturated heterocycles. The third kappa shape index (κ3) is 4.87. The average Bonchev–Trinajstić information content (AvgIpc) is 2.61. The third-order valence-corrected chi connectivity index (χ3v) is 5.54. The van der Waals surface area contributed by atoms with Crippen molar-refractivity contribution in [3.63, 3.8) is 0 Å². The lowest BCUT2D eigenvalue weighted by molar-refractivity contribution is 0.354. The summed E-state index contributed by atoms with van der Waals surface area (Å²) in [5.74, 6) is 1.53. The topological polar surface area (TPSA) is 73.9 Å². The molecular weight excluding hydrogens is 410 g/mol. The van der Waals surface area contributed by atoms with Gasteiger partial charge >= 0.3 is 0 Å². The van der Waals surface area contributed by atoms with Crippen molar-refractivity contribution in [3.05, 3.63) is 46.4 Å². The molecule has 0 aliphatic heterocycles. The minimum absolute atomic E-state index is 0.0942. The van der Waals surface area contributed by atoms with Gasteiger partial charge in [-0.05, 0) is 42.3 Å². The van der Waals surface area contributed by atoms with Crippen LogP contribution in [0, 0.1) is 0 Å². The van der Waals surface area contributed by atoms with Crippen molar-refractivity contribution in [1.29, 1.82) is 0 Å². The molecule has 0 unspecified atom stereocenters. The molecule has 8 heteroatoms. The number of methoxy groups -OCH3 is 3. The maximum absolute atomic E-state index is 12.5. The zero-order valence-corrected chi connectivity index (χ0v) is 16.6. The first-order valence-corrected chi connectivity index (χ1v) is 9.73. The SMILES string of the molecule is COc1ccc(CCNS(=O)(=O)c2cc(Br)ccc2OC)cc1OC. The lowest BCUT2D eigenvalue weighted by Gasteiger charge is -2.12. The second-order valence-electron chi connectivity index (χ2n) is 5.13. The molecule has 2 aromatic carbocycles. The summed E-state index contributed by atoms with van der Waals surface area (Å²) in [6.07, 6.45) is 0.510. The van der Waals surface area contributed by atoms with E-state index < -0.39 is 10.0 Å². The van der Waals surface area contributed by atoms with Gasteiger partial charge in [-0.2, -0.15) is 0 Å². The third-order valence-electron chi connectivity index (χ3n) is 3.57. The molecule has 0 bridgehead atoms. The zero-order valence-electron chi connectivity index (χ0n) is 14.2. The number of hydrogen-bond donors (Lipinski definition) is 1. The van der Waals surface area contributed by atoms with Crippen LogP contribution in [0.15, 0.2) is 45.8 Å². The number of nitrogens with one attached hydrogen (secondary N) is 1. The van der Waals surface area contributed by atoms with Gasteiger partial charge in [0.1, 0.15) is 10.6 Å². The largest absolute Gasteiger partial charge is 0.495 e. The first-order chi connectivity index (χ1) is 11.9. The lowest BCUT2D eigenvalue weighted by Crippen LogP contribution is -2.26. The number of halogens is 1. The fourth-order valence-corrected chi connectivity index (χ4v) is 4.04. The van der Waals surface area contributed by atoms with Gasteiger partial charge in [0, 0.05) is 11.0 Å². The number of benzene rings is 2. The molecule has 2 rings (SSSR count). The van der Waals surface area contributed by atoms with Crippen molar-refractivity contribution in [1.82, 2.24) is 4.72 Å². The minimum atomic E-state index is -3.69. The van der Waals surface area contributed by atoms with E-state index in [-0.39, 0.29) is 11.4 Å². The Kier molecular flexibility index (Phi) is 6.69. The van der Waals surface area contributed by atoms with E-state index in [1.165, 1.54) is 13.2 Å². The Balaban J connectivity index is 2.10. The monoisotopic (exact) mass is 429 g/mol. The summed E-state index contributed by atoms with van der Waals surface area (Å²) in [6, 6.07) is 10.3. The highest BCUT2D eigenvalue weighted by Crippen LogP contribution is 2.28. The van der Waals surface area contributed by atoms with E-state index in [1.807, 2.05) is 12.1 Å². The van der Waals surface area contributed by atoms with Crippen LogP contribution in [0.1, 0.15) is 5.56 Å². The highest BCUT2D eigenvalue weighted by atomic mass is 79.9. The molecule has 0 fully saturated rings. The van der Waals surface area contributed by atoms with Crippen LogP contribution in [-0.4, -0.2) is 36.3 Å². The molecule has 0 radical (unpaired) electrons. The van der Waals surface area contributed by atoms with E-state index in [4.69, 9.17) is 14.2 Å². The molecule has 0 spiro atoms. The molecule has 136 valence electrons. The maximum Gasteiger partial charge on any atom is 0.244 e. The van der Waals surface area contributed by atoms with Crippen LogP contribution < -0.4 is 18.9 Å². The van der Waals surface area contributed by atoms with Gasteiger partial charge in [0.25, 0.3) is 0 Å². The van der Waals surface area contributed by atoms with Crippen LogP contribution >= 0.6 is 15.9 Å². The van der Waals surface area contributed by atoms with Crippen molar-refractivity contribution < 1.29 is 22.6 Å². The highest BCUT2D eigenvalue weighted by Gasteiger charge is 2.19. The molecule has 0 atom stereocenters. The Morgan fingerprint density at radius 1 is 0.920 bits per heavy atom. The Bertz CT molecular complexity index is 839. The van der Waals surface area contributed by atoms with E-state index in [1.54, 1.807) is 32.4 Å².